The molecule has 0 amide bonds. The maximum absolute atomic E-state index is 9.22. The summed E-state index contributed by atoms with van der Waals surface area (Å²) in [4.78, 5) is 1.11. The van der Waals surface area contributed by atoms with Crippen molar-refractivity contribution in [2.24, 2.45) is 0 Å². The number of nitrogens with zero attached hydrogens (tertiary/aromatic N) is 1. The molecule has 17 heavy (non-hydrogen) atoms. The highest BCUT2D eigenvalue weighted by atomic mass is 16.3. The van der Waals surface area contributed by atoms with E-state index in [9.17, 15) is 5.26 Å². The summed E-state index contributed by atoms with van der Waals surface area (Å²) in [7, 11) is 2.00. The van der Waals surface area contributed by atoms with Gasteiger partial charge < -0.3 is 9.32 Å². The van der Waals surface area contributed by atoms with Gasteiger partial charge in [0.2, 0.25) is 6.04 Å². The monoisotopic (exact) mass is 227 g/mol. The Morgan fingerprint density at radius 3 is 2.59 bits per heavy atom. The number of nitrogens with one attached hydrogen (secondary N) is 1. The number of furan rings is 1. The molecule has 1 N–H and O–H groups in total. The van der Waals surface area contributed by atoms with Crippen LogP contribution >= 0.6 is 0 Å². The molecule has 0 bridgehead atoms. The van der Waals surface area contributed by atoms with Crippen LogP contribution in [0, 0.1) is 11.3 Å². The molecule has 0 aliphatic carbocycles. The number of benzene rings is 1. The zero-order chi connectivity index (χ0) is 12.1. The third-order valence-corrected chi connectivity index (χ3v) is 2.78. The molecule has 3 heteroatoms. The van der Waals surface area contributed by atoms with Crippen LogP contribution in [0.2, 0.25) is 0 Å². The van der Waals surface area contributed by atoms with Crippen LogP contribution in [0.1, 0.15) is 17.4 Å². The highest BCUT2D eigenvalue weighted by Crippen LogP contribution is 2.09. The van der Waals surface area contributed by atoms with Gasteiger partial charge in [0.1, 0.15) is 12.6 Å². The van der Waals surface area contributed by atoms with Crippen LogP contribution in [0.25, 0.3) is 0 Å². The molecule has 2 rings (SSSR count). The predicted octanol–water partition coefficient (Wildman–Crippen LogP) is 1.56. The number of nitriles is 1. The number of hydrogen-bond acceptors (Lipinski definition) is 2. The lowest BCUT2D eigenvalue weighted by Crippen LogP contribution is -3.07. The van der Waals surface area contributed by atoms with E-state index in [-0.39, 0.29) is 6.04 Å². The lowest BCUT2D eigenvalue weighted by Gasteiger charge is -2.17. The zero-order valence-electron chi connectivity index (χ0n) is 9.76. The van der Waals surface area contributed by atoms with Gasteiger partial charge in [0.05, 0.1) is 13.3 Å². The molecule has 1 heterocycles. The molecule has 2 aromatic rings. The van der Waals surface area contributed by atoms with Crippen LogP contribution in [-0.2, 0) is 6.54 Å². The van der Waals surface area contributed by atoms with E-state index in [2.05, 4.69) is 18.2 Å². The Bertz CT molecular complexity index is 485. The summed E-state index contributed by atoms with van der Waals surface area (Å²) in [5, 5.41) is 9.22. The fraction of sp³-hybridized carbons (Fsp3) is 0.214. The van der Waals surface area contributed by atoms with E-state index in [1.807, 2.05) is 37.4 Å². The minimum atomic E-state index is -0.259. The normalized spacial score (nSPS) is 13.9. The Balaban J connectivity index is 2.09. The fourth-order valence-corrected chi connectivity index (χ4v) is 1.89. The molecule has 1 aromatic carbocycles. The van der Waals surface area contributed by atoms with Crippen molar-refractivity contribution in [2.45, 2.75) is 12.6 Å². The molecule has 1 unspecified atom stereocenters. The molecule has 0 saturated heterocycles. The second-order valence-electron chi connectivity index (χ2n) is 4.09. The van der Waals surface area contributed by atoms with Crippen molar-refractivity contribution in [3.63, 3.8) is 0 Å². The number of rotatable bonds is 4. The van der Waals surface area contributed by atoms with Crippen molar-refractivity contribution in [3.8, 4) is 6.07 Å². The van der Waals surface area contributed by atoms with Gasteiger partial charge in [-0.05, 0) is 12.1 Å². The predicted molar refractivity (Wildman–Crippen MR) is 64.1 cm³/mol. The second kappa shape index (κ2) is 5.33. The van der Waals surface area contributed by atoms with E-state index < -0.39 is 0 Å². The molecule has 2 atom stereocenters. The van der Waals surface area contributed by atoms with Crippen LogP contribution in [0.5, 0.6) is 0 Å². The first kappa shape index (κ1) is 11.4. The Morgan fingerprint density at radius 2 is 2.00 bits per heavy atom. The number of quaternary nitrogens is 1. The van der Waals surface area contributed by atoms with Gasteiger partial charge in [-0.2, -0.15) is 5.26 Å². The molecule has 86 valence electrons. The van der Waals surface area contributed by atoms with Crippen molar-refractivity contribution >= 4 is 0 Å². The molecule has 0 fully saturated rings. The van der Waals surface area contributed by atoms with Gasteiger partial charge >= 0.3 is 0 Å². The summed E-state index contributed by atoms with van der Waals surface area (Å²) in [6.45, 7) is 0.805. The van der Waals surface area contributed by atoms with Crippen molar-refractivity contribution in [1.29, 1.82) is 5.26 Å². The van der Waals surface area contributed by atoms with Crippen molar-refractivity contribution < 1.29 is 9.32 Å². The topological polar surface area (TPSA) is 41.4 Å². The van der Waals surface area contributed by atoms with Gasteiger partial charge in [0.25, 0.3) is 0 Å². The SMILES string of the molecule is C[NH+](Cc1ccccc1)[C@@H](C#N)c1ccco1. The molecule has 0 spiro atoms. The zero-order valence-corrected chi connectivity index (χ0v) is 9.76. The molecule has 0 radical (unpaired) electrons. The summed E-state index contributed by atoms with van der Waals surface area (Å²) in [6, 6.07) is 15.9. The first-order valence-electron chi connectivity index (χ1n) is 5.60. The van der Waals surface area contributed by atoms with Gasteiger partial charge in [-0.3, -0.25) is 0 Å². The average molecular weight is 227 g/mol. The summed E-state index contributed by atoms with van der Waals surface area (Å²) in [6.07, 6.45) is 1.61. The maximum atomic E-state index is 9.22. The van der Waals surface area contributed by atoms with Crippen molar-refractivity contribution in [3.05, 3.63) is 60.1 Å². The van der Waals surface area contributed by atoms with Crippen LogP contribution in [-0.4, -0.2) is 7.05 Å². The fourth-order valence-electron chi connectivity index (χ4n) is 1.89. The van der Waals surface area contributed by atoms with Crippen LogP contribution in [0.3, 0.4) is 0 Å². The smallest absolute Gasteiger partial charge is 0.233 e. The molecular weight excluding hydrogens is 212 g/mol. The lowest BCUT2D eigenvalue weighted by molar-refractivity contribution is -0.918. The van der Waals surface area contributed by atoms with E-state index in [0.717, 1.165) is 17.2 Å². The highest BCUT2D eigenvalue weighted by Gasteiger charge is 2.22. The van der Waals surface area contributed by atoms with Crippen LogP contribution < -0.4 is 4.90 Å². The Hall–Kier alpha value is -2.05. The van der Waals surface area contributed by atoms with E-state index in [1.54, 1.807) is 6.26 Å². The van der Waals surface area contributed by atoms with Gasteiger partial charge in [-0.1, -0.05) is 30.3 Å². The summed E-state index contributed by atoms with van der Waals surface area (Å²) >= 11 is 0. The first-order chi connectivity index (χ1) is 8.31. The Kier molecular flexibility index (Phi) is 3.59. The van der Waals surface area contributed by atoms with Gasteiger partial charge in [-0.25, -0.2) is 0 Å². The quantitative estimate of drug-likeness (QED) is 0.861. The van der Waals surface area contributed by atoms with E-state index in [1.165, 1.54) is 5.56 Å². The summed E-state index contributed by atoms with van der Waals surface area (Å²) < 4.78 is 5.30. The molecule has 3 nitrogen and oxygen atoms in total. The molecular formula is C14H15N2O+. The Morgan fingerprint density at radius 1 is 1.24 bits per heavy atom. The molecule has 0 aliphatic rings. The highest BCUT2D eigenvalue weighted by molar-refractivity contribution is 5.14. The molecule has 0 aliphatic heterocycles. The first-order valence-corrected chi connectivity index (χ1v) is 5.60. The molecule has 0 saturated carbocycles. The second-order valence-corrected chi connectivity index (χ2v) is 4.09. The van der Waals surface area contributed by atoms with Crippen molar-refractivity contribution in [2.75, 3.05) is 7.05 Å². The summed E-state index contributed by atoms with van der Waals surface area (Å²) in [5.41, 5.74) is 1.22. The van der Waals surface area contributed by atoms with E-state index in [0.29, 0.717) is 0 Å². The van der Waals surface area contributed by atoms with Gasteiger partial charge in [-0.15, -0.1) is 0 Å². The van der Waals surface area contributed by atoms with Gasteiger partial charge in [0, 0.05) is 5.56 Å². The van der Waals surface area contributed by atoms with Crippen LogP contribution in [0.4, 0.5) is 0 Å². The Labute approximate surface area is 101 Å². The number of hydrogen-bond donors (Lipinski definition) is 1. The van der Waals surface area contributed by atoms with E-state index in [4.69, 9.17) is 4.42 Å². The lowest BCUT2D eigenvalue weighted by atomic mass is 10.1. The minimum absolute atomic E-state index is 0.259. The maximum Gasteiger partial charge on any atom is 0.233 e. The summed E-state index contributed by atoms with van der Waals surface area (Å²) in [5.74, 6) is 0.723. The third-order valence-electron chi connectivity index (χ3n) is 2.78. The standard InChI is InChI=1S/C14H14N2O/c1-16(11-12-6-3-2-4-7-12)13(10-15)14-8-5-9-17-14/h2-9,13H,11H2,1H3/p+1/t13-/m0/s1. The largest absolute Gasteiger partial charge is 0.462 e. The van der Waals surface area contributed by atoms with E-state index >= 15 is 0 Å². The third kappa shape index (κ3) is 2.74. The van der Waals surface area contributed by atoms with Crippen LogP contribution in [0.15, 0.2) is 53.1 Å². The van der Waals surface area contributed by atoms with Gasteiger partial charge in [0.15, 0.2) is 5.76 Å². The minimum Gasteiger partial charge on any atom is -0.462 e. The average Bonchev–Trinajstić information content (AvgIpc) is 2.85. The molecule has 1 aromatic heterocycles. The van der Waals surface area contributed by atoms with Crippen molar-refractivity contribution in [1.82, 2.24) is 0 Å².